The Morgan fingerprint density at radius 1 is 1.60 bits per heavy atom. The van der Waals surface area contributed by atoms with Crippen LogP contribution in [0, 0.1) is 6.08 Å². The summed E-state index contributed by atoms with van der Waals surface area (Å²) >= 11 is 0. The largest absolute Gasteiger partial charge is 0.256 e. The van der Waals surface area contributed by atoms with Crippen molar-refractivity contribution in [1.82, 2.24) is 4.98 Å². The van der Waals surface area contributed by atoms with Crippen LogP contribution >= 0.6 is 0 Å². The van der Waals surface area contributed by atoms with Crippen LogP contribution in [0.25, 0.3) is 0 Å². The first-order valence-electron chi connectivity index (χ1n) is 3.42. The highest BCUT2D eigenvalue weighted by atomic mass is 14.6. The Morgan fingerprint density at radius 2 is 2.50 bits per heavy atom. The van der Waals surface area contributed by atoms with E-state index in [-0.39, 0.29) is 0 Å². The number of nitrogens with zero attached hydrogens (tertiary/aromatic N) is 1. The minimum atomic E-state index is 0.907. The Morgan fingerprint density at radius 3 is 3.10 bits per heavy atom. The first-order chi connectivity index (χ1) is 4.93. The van der Waals surface area contributed by atoms with Crippen molar-refractivity contribution in [2.75, 3.05) is 0 Å². The second-order valence-corrected chi connectivity index (χ2v) is 1.97. The number of aromatic nitrogens is 1. The van der Waals surface area contributed by atoms with Crippen LogP contribution in [0.1, 0.15) is 19.0 Å². The Hall–Kier alpha value is -1.11. The molecule has 10 heavy (non-hydrogen) atoms. The summed E-state index contributed by atoms with van der Waals surface area (Å²) in [4.78, 5) is 4.07. The molecule has 0 unspecified atom stereocenters. The van der Waals surface area contributed by atoms with E-state index < -0.39 is 0 Å². The van der Waals surface area contributed by atoms with Gasteiger partial charge >= 0.3 is 0 Å². The van der Waals surface area contributed by atoms with Crippen molar-refractivity contribution in [2.24, 2.45) is 0 Å². The molecule has 0 amide bonds. The van der Waals surface area contributed by atoms with E-state index in [0.717, 1.165) is 12.1 Å². The number of hydrogen-bond acceptors (Lipinski definition) is 1. The molecule has 1 aromatic heterocycles. The molecular weight excluding hydrogens is 122 g/mol. The van der Waals surface area contributed by atoms with E-state index in [2.05, 4.69) is 18.0 Å². The lowest BCUT2D eigenvalue weighted by molar-refractivity contribution is 1.18. The van der Waals surface area contributed by atoms with Crippen molar-refractivity contribution < 1.29 is 0 Å². The molecule has 0 aromatic carbocycles. The van der Waals surface area contributed by atoms with Crippen LogP contribution in [0.15, 0.2) is 30.5 Å². The van der Waals surface area contributed by atoms with Gasteiger partial charge < -0.3 is 0 Å². The zero-order chi connectivity index (χ0) is 7.23. The molecule has 0 saturated heterocycles. The summed E-state index contributed by atoms with van der Waals surface area (Å²) in [6, 6.07) is 5.79. The lowest BCUT2D eigenvalue weighted by atomic mass is 10.3. The van der Waals surface area contributed by atoms with Gasteiger partial charge in [-0.05, 0) is 18.6 Å². The van der Waals surface area contributed by atoms with Crippen molar-refractivity contribution in [3.05, 3.63) is 42.2 Å². The third kappa shape index (κ3) is 2.02. The molecule has 0 saturated carbocycles. The Bertz CT molecular complexity index is 201. The highest BCUT2D eigenvalue weighted by Gasteiger charge is 1.81. The Balaban J connectivity index is 2.67. The van der Waals surface area contributed by atoms with E-state index in [1.54, 1.807) is 6.20 Å². The van der Waals surface area contributed by atoms with E-state index in [1.807, 2.05) is 24.3 Å². The zero-order valence-electron chi connectivity index (χ0n) is 6.04. The van der Waals surface area contributed by atoms with Crippen LogP contribution in [0.2, 0.25) is 0 Å². The van der Waals surface area contributed by atoms with Gasteiger partial charge in [-0.25, -0.2) is 0 Å². The summed E-state index contributed by atoms with van der Waals surface area (Å²) in [5.41, 5.74) is 0.907. The van der Waals surface area contributed by atoms with Crippen LogP contribution in [0.4, 0.5) is 0 Å². The summed E-state index contributed by atoms with van der Waals surface area (Å²) < 4.78 is 0. The summed E-state index contributed by atoms with van der Waals surface area (Å²) in [6.07, 6.45) is 7.81. The maximum atomic E-state index is 4.07. The molecule has 51 valence electrons. The number of pyridine rings is 1. The summed E-state index contributed by atoms with van der Waals surface area (Å²) in [6.45, 7) is 2.08. The van der Waals surface area contributed by atoms with E-state index in [0.29, 0.717) is 0 Å². The van der Waals surface area contributed by atoms with Gasteiger partial charge in [-0.15, -0.1) is 0 Å². The van der Waals surface area contributed by atoms with Crippen LogP contribution < -0.4 is 0 Å². The molecule has 1 rings (SSSR count). The molecule has 0 aliphatic heterocycles. The molecule has 0 bridgehead atoms. The molecule has 1 nitrogen and oxygen atoms in total. The zero-order valence-corrected chi connectivity index (χ0v) is 6.04. The van der Waals surface area contributed by atoms with Gasteiger partial charge in [0.2, 0.25) is 0 Å². The predicted molar refractivity (Wildman–Crippen MR) is 41.4 cm³/mol. The molecule has 1 aromatic rings. The van der Waals surface area contributed by atoms with Gasteiger partial charge in [0.15, 0.2) is 0 Å². The molecule has 0 aliphatic carbocycles. The molecule has 1 radical (unpaired) electrons. The standard InChI is InChI=1S/C9H10N/c1-2-3-6-9-7-4-5-8-10-9/h3-5,7-8H,2H2,1H3. The lowest BCUT2D eigenvalue weighted by Crippen LogP contribution is -1.77. The SMILES string of the molecule is CC/C=[C]\c1ccccn1. The van der Waals surface area contributed by atoms with E-state index in [4.69, 9.17) is 0 Å². The van der Waals surface area contributed by atoms with E-state index >= 15 is 0 Å². The second-order valence-electron chi connectivity index (χ2n) is 1.97. The monoisotopic (exact) mass is 132 g/mol. The minimum Gasteiger partial charge on any atom is -0.256 e. The van der Waals surface area contributed by atoms with Gasteiger partial charge in [0.25, 0.3) is 0 Å². The molecule has 1 heterocycles. The predicted octanol–water partition coefficient (Wildman–Crippen LogP) is 2.20. The van der Waals surface area contributed by atoms with Gasteiger partial charge in [-0.2, -0.15) is 0 Å². The fourth-order valence-electron chi connectivity index (χ4n) is 0.655. The third-order valence-corrected chi connectivity index (χ3v) is 1.12. The molecule has 0 aliphatic rings. The normalized spacial score (nSPS) is 10.5. The van der Waals surface area contributed by atoms with Gasteiger partial charge in [-0.1, -0.05) is 19.1 Å². The van der Waals surface area contributed by atoms with Crippen molar-refractivity contribution in [3.8, 4) is 0 Å². The van der Waals surface area contributed by atoms with E-state index in [1.165, 1.54) is 0 Å². The van der Waals surface area contributed by atoms with Gasteiger partial charge in [0.1, 0.15) is 0 Å². The second kappa shape index (κ2) is 3.83. The van der Waals surface area contributed by atoms with Crippen LogP contribution in [0.3, 0.4) is 0 Å². The maximum Gasteiger partial charge on any atom is 0.0705 e. The topological polar surface area (TPSA) is 12.9 Å². The minimum absolute atomic E-state index is 0.907. The third-order valence-electron chi connectivity index (χ3n) is 1.12. The number of hydrogen-bond donors (Lipinski definition) is 0. The van der Waals surface area contributed by atoms with Crippen LogP contribution in [-0.4, -0.2) is 4.98 Å². The van der Waals surface area contributed by atoms with Crippen molar-refractivity contribution in [2.45, 2.75) is 13.3 Å². The first kappa shape index (κ1) is 7.00. The van der Waals surface area contributed by atoms with Gasteiger partial charge in [0.05, 0.1) is 5.69 Å². The molecule has 1 heteroatoms. The van der Waals surface area contributed by atoms with Crippen LogP contribution in [-0.2, 0) is 0 Å². The van der Waals surface area contributed by atoms with Gasteiger partial charge in [0, 0.05) is 12.3 Å². The van der Waals surface area contributed by atoms with Crippen molar-refractivity contribution >= 4 is 0 Å². The Labute approximate surface area is 61.4 Å². The van der Waals surface area contributed by atoms with Gasteiger partial charge in [-0.3, -0.25) is 4.98 Å². The summed E-state index contributed by atoms with van der Waals surface area (Å²) in [5.74, 6) is 0. The maximum absolute atomic E-state index is 4.07. The fourth-order valence-corrected chi connectivity index (χ4v) is 0.655. The van der Waals surface area contributed by atoms with Crippen LogP contribution in [0.5, 0.6) is 0 Å². The smallest absolute Gasteiger partial charge is 0.0705 e. The molecule has 0 fully saturated rings. The van der Waals surface area contributed by atoms with E-state index in [9.17, 15) is 0 Å². The average molecular weight is 132 g/mol. The fraction of sp³-hybridized carbons (Fsp3) is 0.222. The number of allylic oxidation sites excluding steroid dienone is 1. The number of rotatable bonds is 2. The summed E-state index contributed by atoms with van der Waals surface area (Å²) in [7, 11) is 0. The molecule has 0 spiro atoms. The lowest BCUT2D eigenvalue weighted by Gasteiger charge is -1.86. The first-order valence-corrected chi connectivity index (χ1v) is 3.42. The van der Waals surface area contributed by atoms with Crippen molar-refractivity contribution in [3.63, 3.8) is 0 Å². The average Bonchev–Trinajstić information content (AvgIpc) is 2.03. The highest BCUT2D eigenvalue weighted by molar-refractivity contribution is 5.11. The molecular formula is C9H10N. The summed E-state index contributed by atoms with van der Waals surface area (Å²) in [5, 5.41) is 0. The quantitative estimate of drug-likeness (QED) is 0.601. The highest BCUT2D eigenvalue weighted by Crippen LogP contribution is 1.93. The molecule has 0 atom stereocenters. The molecule has 0 N–H and O–H groups in total. The Kier molecular flexibility index (Phi) is 2.68. The van der Waals surface area contributed by atoms with Crippen molar-refractivity contribution in [1.29, 1.82) is 0 Å².